The van der Waals surface area contributed by atoms with E-state index >= 15 is 0 Å². The van der Waals surface area contributed by atoms with Crippen LogP contribution in [0.25, 0.3) is 6.08 Å². The number of thiocarbonyl (C=S) groups is 1. The van der Waals surface area contributed by atoms with Gasteiger partial charge in [0.25, 0.3) is 5.91 Å². The maximum Gasteiger partial charge on any atom is 0.270 e. The zero-order chi connectivity index (χ0) is 19.6. The van der Waals surface area contributed by atoms with Crippen LogP contribution in [-0.2, 0) is 4.79 Å². The van der Waals surface area contributed by atoms with Crippen molar-refractivity contribution >= 4 is 46.0 Å². The van der Waals surface area contributed by atoms with Crippen LogP contribution in [0.5, 0.6) is 5.75 Å². The molecule has 1 atom stereocenters. The van der Waals surface area contributed by atoms with Gasteiger partial charge in [-0.3, -0.25) is 9.69 Å². The quantitative estimate of drug-likeness (QED) is 0.465. The summed E-state index contributed by atoms with van der Waals surface area (Å²) in [6.45, 7) is 8.23. The largest absolute Gasteiger partial charge is 0.491 e. The number of rotatable bonds is 5. The van der Waals surface area contributed by atoms with E-state index in [0.29, 0.717) is 9.23 Å². The van der Waals surface area contributed by atoms with Crippen LogP contribution >= 0.6 is 24.0 Å². The lowest BCUT2D eigenvalue weighted by molar-refractivity contribution is -0.113. The predicted octanol–water partition coefficient (Wildman–Crippen LogP) is 5.89. The molecule has 3 rings (SSSR count). The third kappa shape index (κ3) is 4.42. The SMILES string of the molecule is CC[C@@H](C)Oc1ccc(/C=C2/SC(=S)N(c3ccc(C)c(C)c3)C2=O)cc1. The van der Waals surface area contributed by atoms with Crippen molar-refractivity contribution < 1.29 is 9.53 Å². The van der Waals surface area contributed by atoms with Gasteiger partial charge in [-0.1, -0.05) is 49.1 Å². The molecule has 1 aliphatic heterocycles. The molecular weight excluding hydrogens is 374 g/mol. The Morgan fingerprint density at radius 1 is 1.15 bits per heavy atom. The molecule has 1 saturated heterocycles. The standard InChI is InChI=1S/C22H23NO2S2/c1-5-16(4)25-19-10-7-17(8-11-19)13-20-21(24)23(22(26)27-20)18-9-6-14(2)15(3)12-18/h6-13,16H,5H2,1-4H3/b20-13+/t16-/m1/s1. The summed E-state index contributed by atoms with van der Waals surface area (Å²) in [6, 6.07) is 13.7. The van der Waals surface area contributed by atoms with Crippen LogP contribution in [-0.4, -0.2) is 16.3 Å². The molecule has 0 radical (unpaired) electrons. The van der Waals surface area contributed by atoms with Crippen molar-refractivity contribution in [3.05, 3.63) is 64.1 Å². The Hall–Kier alpha value is -2.11. The molecule has 140 valence electrons. The van der Waals surface area contributed by atoms with Gasteiger partial charge in [0.05, 0.1) is 16.7 Å². The first-order chi connectivity index (χ1) is 12.9. The summed E-state index contributed by atoms with van der Waals surface area (Å²) in [5, 5.41) is 0. The first-order valence-corrected chi connectivity index (χ1v) is 10.2. The smallest absolute Gasteiger partial charge is 0.270 e. The van der Waals surface area contributed by atoms with Gasteiger partial charge in [0.2, 0.25) is 0 Å². The molecule has 0 saturated carbocycles. The minimum atomic E-state index is -0.0758. The number of amides is 1. The number of aryl methyl sites for hydroxylation is 2. The van der Waals surface area contributed by atoms with Crippen molar-refractivity contribution in [1.29, 1.82) is 0 Å². The van der Waals surface area contributed by atoms with Gasteiger partial charge < -0.3 is 4.74 Å². The lowest BCUT2D eigenvalue weighted by Gasteiger charge is -2.16. The van der Waals surface area contributed by atoms with Crippen LogP contribution in [0.15, 0.2) is 47.4 Å². The molecule has 1 fully saturated rings. The van der Waals surface area contributed by atoms with Gasteiger partial charge in [-0.2, -0.15) is 0 Å². The van der Waals surface area contributed by atoms with Crippen molar-refractivity contribution in [3.8, 4) is 5.75 Å². The molecule has 1 heterocycles. The van der Waals surface area contributed by atoms with E-state index in [4.69, 9.17) is 17.0 Å². The fraction of sp³-hybridized carbons (Fsp3) is 0.273. The van der Waals surface area contributed by atoms with Crippen LogP contribution in [0.4, 0.5) is 5.69 Å². The number of anilines is 1. The Morgan fingerprint density at radius 2 is 1.85 bits per heavy atom. The number of benzene rings is 2. The van der Waals surface area contributed by atoms with Crippen molar-refractivity contribution in [3.63, 3.8) is 0 Å². The van der Waals surface area contributed by atoms with Crippen molar-refractivity contribution in [2.45, 2.75) is 40.2 Å². The van der Waals surface area contributed by atoms with E-state index in [2.05, 4.69) is 13.8 Å². The Labute approximate surface area is 170 Å². The Bertz CT molecular complexity index is 903. The third-order valence-electron chi connectivity index (χ3n) is 4.63. The molecule has 0 bridgehead atoms. The van der Waals surface area contributed by atoms with E-state index in [9.17, 15) is 4.79 Å². The molecule has 0 aliphatic carbocycles. The van der Waals surface area contributed by atoms with Crippen LogP contribution in [0, 0.1) is 13.8 Å². The van der Waals surface area contributed by atoms with Crippen LogP contribution < -0.4 is 9.64 Å². The fourth-order valence-electron chi connectivity index (χ4n) is 2.66. The van der Waals surface area contributed by atoms with Gasteiger partial charge in [0, 0.05) is 0 Å². The highest BCUT2D eigenvalue weighted by atomic mass is 32.2. The van der Waals surface area contributed by atoms with Crippen molar-refractivity contribution in [2.75, 3.05) is 4.90 Å². The molecule has 0 spiro atoms. The van der Waals surface area contributed by atoms with Gasteiger partial charge in [-0.25, -0.2) is 0 Å². The van der Waals surface area contributed by atoms with E-state index in [1.807, 2.05) is 62.4 Å². The lowest BCUT2D eigenvalue weighted by Crippen LogP contribution is -2.27. The summed E-state index contributed by atoms with van der Waals surface area (Å²) in [5.74, 6) is 0.761. The zero-order valence-electron chi connectivity index (χ0n) is 16.0. The summed E-state index contributed by atoms with van der Waals surface area (Å²) in [6.07, 6.45) is 3.03. The number of carbonyl (C=O) groups is 1. The van der Waals surface area contributed by atoms with Crippen molar-refractivity contribution in [1.82, 2.24) is 0 Å². The average Bonchev–Trinajstić information content (AvgIpc) is 2.92. The molecule has 5 heteroatoms. The highest BCUT2D eigenvalue weighted by molar-refractivity contribution is 8.27. The molecule has 27 heavy (non-hydrogen) atoms. The summed E-state index contributed by atoms with van der Waals surface area (Å²) in [7, 11) is 0. The van der Waals surface area contributed by atoms with E-state index in [0.717, 1.165) is 29.0 Å². The van der Waals surface area contributed by atoms with Crippen molar-refractivity contribution in [2.24, 2.45) is 0 Å². The lowest BCUT2D eigenvalue weighted by atomic mass is 10.1. The van der Waals surface area contributed by atoms with E-state index in [-0.39, 0.29) is 12.0 Å². The van der Waals surface area contributed by atoms with E-state index < -0.39 is 0 Å². The topological polar surface area (TPSA) is 29.5 Å². The molecule has 1 aliphatic rings. The number of hydrogen-bond acceptors (Lipinski definition) is 4. The molecule has 0 N–H and O–H groups in total. The van der Waals surface area contributed by atoms with E-state index in [1.54, 1.807) is 4.90 Å². The number of ether oxygens (including phenoxy) is 1. The van der Waals surface area contributed by atoms with Crippen LogP contribution in [0.1, 0.15) is 37.0 Å². The second-order valence-electron chi connectivity index (χ2n) is 6.69. The summed E-state index contributed by atoms with van der Waals surface area (Å²) < 4.78 is 6.36. The summed E-state index contributed by atoms with van der Waals surface area (Å²) in [4.78, 5) is 15.1. The zero-order valence-corrected chi connectivity index (χ0v) is 17.6. The minimum absolute atomic E-state index is 0.0758. The minimum Gasteiger partial charge on any atom is -0.491 e. The predicted molar refractivity (Wildman–Crippen MR) is 118 cm³/mol. The first kappa shape index (κ1) is 19.6. The molecule has 2 aromatic rings. The van der Waals surface area contributed by atoms with Gasteiger partial charge >= 0.3 is 0 Å². The Kier molecular flexibility index (Phi) is 6.02. The highest BCUT2D eigenvalue weighted by Gasteiger charge is 2.33. The van der Waals surface area contributed by atoms with Gasteiger partial charge in [0.1, 0.15) is 5.75 Å². The second kappa shape index (κ2) is 8.28. The third-order valence-corrected chi connectivity index (χ3v) is 5.93. The van der Waals surface area contributed by atoms with Gasteiger partial charge in [-0.05, 0) is 74.2 Å². The maximum absolute atomic E-state index is 12.9. The first-order valence-electron chi connectivity index (χ1n) is 9.01. The maximum atomic E-state index is 12.9. The normalized spacial score (nSPS) is 16.9. The Balaban J connectivity index is 1.80. The molecule has 0 unspecified atom stereocenters. The van der Waals surface area contributed by atoms with Gasteiger partial charge in [0.15, 0.2) is 4.32 Å². The number of nitrogens with zero attached hydrogens (tertiary/aromatic N) is 1. The molecule has 1 amide bonds. The van der Waals surface area contributed by atoms with E-state index in [1.165, 1.54) is 17.3 Å². The number of carbonyl (C=O) groups excluding carboxylic acids is 1. The second-order valence-corrected chi connectivity index (χ2v) is 8.37. The van der Waals surface area contributed by atoms with Gasteiger partial charge in [-0.15, -0.1) is 0 Å². The molecule has 2 aromatic carbocycles. The van der Waals surface area contributed by atoms with Crippen LogP contribution in [0.2, 0.25) is 0 Å². The Morgan fingerprint density at radius 3 is 2.48 bits per heavy atom. The molecule has 3 nitrogen and oxygen atoms in total. The highest BCUT2D eigenvalue weighted by Crippen LogP contribution is 2.36. The summed E-state index contributed by atoms with van der Waals surface area (Å²) >= 11 is 6.80. The molecular formula is C22H23NO2S2. The monoisotopic (exact) mass is 397 g/mol. The number of thioether (sulfide) groups is 1. The average molecular weight is 398 g/mol. The number of hydrogen-bond donors (Lipinski definition) is 0. The van der Waals surface area contributed by atoms with Crippen LogP contribution in [0.3, 0.4) is 0 Å². The summed E-state index contributed by atoms with van der Waals surface area (Å²) in [5.41, 5.74) is 4.11. The fourth-order valence-corrected chi connectivity index (χ4v) is 3.96. The molecule has 0 aromatic heterocycles.